The summed E-state index contributed by atoms with van der Waals surface area (Å²) >= 11 is 0. The third-order valence-electron chi connectivity index (χ3n) is 4.03. The number of hydrogen-bond acceptors (Lipinski definition) is 5. The summed E-state index contributed by atoms with van der Waals surface area (Å²) in [6, 6.07) is 1.87. The molecule has 0 atom stereocenters. The Hall–Kier alpha value is -2.51. The lowest BCUT2D eigenvalue weighted by Gasteiger charge is -2.29. The van der Waals surface area contributed by atoms with Crippen LogP contribution in [-0.2, 0) is 0 Å². The minimum atomic E-state index is -0.981. The van der Waals surface area contributed by atoms with Crippen LogP contribution in [-0.4, -0.2) is 41.3 Å². The van der Waals surface area contributed by atoms with Gasteiger partial charge in [0, 0.05) is 12.1 Å². The van der Waals surface area contributed by atoms with Crippen LogP contribution in [0.2, 0.25) is 0 Å². The van der Waals surface area contributed by atoms with E-state index in [-0.39, 0.29) is 23.5 Å². The lowest BCUT2D eigenvalue weighted by molar-refractivity contribution is 0.0996. The van der Waals surface area contributed by atoms with Crippen molar-refractivity contribution in [2.24, 2.45) is 5.73 Å². The molecule has 0 spiro atoms. The molecule has 0 bridgehead atoms. The zero-order chi connectivity index (χ0) is 17.0. The first-order chi connectivity index (χ1) is 10.9. The maximum Gasteiger partial charge on any atom is 0.404 e. The number of carboxylic acid groups (broad SMARTS) is 1. The van der Waals surface area contributed by atoms with E-state index in [0.717, 1.165) is 31.2 Å². The Labute approximate surface area is 134 Å². The van der Waals surface area contributed by atoms with Gasteiger partial charge in [0.1, 0.15) is 11.4 Å². The molecule has 5 N–H and O–H groups in total. The molecule has 126 valence electrons. The molecular weight excluding hydrogens is 300 g/mol. The van der Waals surface area contributed by atoms with E-state index in [4.69, 9.17) is 15.6 Å². The standard InChI is InChI=1S/C15H22N4O4/c1-8-7-11(12(16)20)14(23-2)19-13(8)17-9-3-5-10(6-4-9)18-15(21)22/h7,9-10,18H,3-6H2,1-2H3,(H2,16,20)(H,17,19)(H,21,22). The lowest BCUT2D eigenvalue weighted by Crippen LogP contribution is -2.39. The summed E-state index contributed by atoms with van der Waals surface area (Å²) in [6.07, 6.45) is 2.25. The fourth-order valence-electron chi connectivity index (χ4n) is 2.82. The molecule has 1 aromatic rings. The van der Waals surface area contributed by atoms with Crippen LogP contribution < -0.4 is 21.1 Å². The van der Waals surface area contributed by atoms with Crippen LogP contribution in [0.5, 0.6) is 5.88 Å². The second-order valence-electron chi connectivity index (χ2n) is 5.72. The van der Waals surface area contributed by atoms with E-state index in [0.29, 0.717) is 5.82 Å². The van der Waals surface area contributed by atoms with Crippen molar-refractivity contribution in [1.82, 2.24) is 10.3 Å². The van der Waals surface area contributed by atoms with E-state index in [2.05, 4.69) is 15.6 Å². The van der Waals surface area contributed by atoms with Crippen LogP contribution in [0.3, 0.4) is 0 Å². The van der Waals surface area contributed by atoms with Crippen LogP contribution >= 0.6 is 0 Å². The van der Waals surface area contributed by atoms with Gasteiger partial charge in [-0.2, -0.15) is 4.98 Å². The zero-order valence-corrected chi connectivity index (χ0v) is 13.3. The van der Waals surface area contributed by atoms with Crippen LogP contribution in [0.25, 0.3) is 0 Å². The van der Waals surface area contributed by atoms with Gasteiger partial charge < -0.3 is 26.2 Å². The highest BCUT2D eigenvalue weighted by Crippen LogP contribution is 2.26. The Bertz CT molecular complexity index is 597. The van der Waals surface area contributed by atoms with E-state index in [1.54, 1.807) is 6.07 Å². The SMILES string of the molecule is COc1nc(NC2CCC(NC(=O)O)CC2)c(C)cc1C(N)=O. The second kappa shape index (κ2) is 7.17. The number of anilines is 1. The Morgan fingerprint density at radius 2 is 1.91 bits per heavy atom. The average Bonchev–Trinajstić information content (AvgIpc) is 2.50. The Morgan fingerprint density at radius 3 is 2.43 bits per heavy atom. The number of nitrogens with one attached hydrogen (secondary N) is 2. The van der Waals surface area contributed by atoms with Crippen molar-refractivity contribution in [2.45, 2.75) is 44.7 Å². The monoisotopic (exact) mass is 322 g/mol. The van der Waals surface area contributed by atoms with Gasteiger partial charge in [0.05, 0.1) is 7.11 Å². The molecule has 8 nitrogen and oxygen atoms in total. The van der Waals surface area contributed by atoms with E-state index >= 15 is 0 Å². The third-order valence-corrected chi connectivity index (χ3v) is 4.03. The molecule has 1 heterocycles. The number of carbonyl (C=O) groups excluding carboxylic acids is 1. The quantitative estimate of drug-likeness (QED) is 0.650. The molecule has 23 heavy (non-hydrogen) atoms. The maximum atomic E-state index is 11.4. The third kappa shape index (κ3) is 4.24. The second-order valence-corrected chi connectivity index (χ2v) is 5.72. The van der Waals surface area contributed by atoms with E-state index in [9.17, 15) is 9.59 Å². The van der Waals surface area contributed by atoms with Crippen molar-refractivity contribution in [1.29, 1.82) is 0 Å². The fraction of sp³-hybridized carbons (Fsp3) is 0.533. The summed E-state index contributed by atoms with van der Waals surface area (Å²) in [5.41, 5.74) is 6.38. The molecule has 0 aliphatic heterocycles. The number of primary amides is 1. The Kier molecular flexibility index (Phi) is 5.25. The van der Waals surface area contributed by atoms with E-state index in [1.807, 2.05) is 6.92 Å². The minimum absolute atomic E-state index is 0.00591. The lowest BCUT2D eigenvalue weighted by atomic mass is 9.91. The molecule has 2 amide bonds. The number of pyridine rings is 1. The van der Waals surface area contributed by atoms with Gasteiger partial charge in [-0.3, -0.25) is 4.79 Å². The first-order valence-electron chi connectivity index (χ1n) is 7.52. The molecule has 2 rings (SSSR count). The predicted molar refractivity (Wildman–Crippen MR) is 84.9 cm³/mol. The summed E-state index contributed by atoms with van der Waals surface area (Å²) < 4.78 is 5.13. The van der Waals surface area contributed by atoms with E-state index in [1.165, 1.54) is 7.11 Å². The van der Waals surface area contributed by atoms with Gasteiger partial charge in [-0.15, -0.1) is 0 Å². The normalized spacial score (nSPS) is 20.6. The van der Waals surface area contributed by atoms with Crippen molar-refractivity contribution in [3.8, 4) is 5.88 Å². The number of carbonyl (C=O) groups is 2. The highest BCUT2D eigenvalue weighted by Gasteiger charge is 2.23. The van der Waals surface area contributed by atoms with Gasteiger partial charge in [-0.25, -0.2) is 4.79 Å². The number of amides is 2. The molecule has 0 saturated heterocycles. The van der Waals surface area contributed by atoms with Gasteiger partial charge in [-0.05, 0) is 44.2 Å². The van der Waals surface area contributed by atoms with Gasteiger partial charge in [0.25, 0.3) is 5.91 Å². The average molecular weight is 322 g/mol. The molecular formula is C15H22N4O4. The van der Waals surface area contributed by atoms with Crippen LogP contribution in [0.1, 0.15) is 41.6 Å². The summed E-state index contributed by atoms with van der Waals surface area (Å²) in [6.45, 7) is 1.85. The van der Waals surface area contributed by atoms with Gasteiger partial charge in [-0.1, -0.05) is 0 Å². The van der Waals surface area contributed by atoms with Crippen molar-refractivity contribution in [3.05, 3.63) is 17.2 Å². The highest BCUT2D eigenvalue weighted by atomic mass is 16.5. The summed E-state index contributed by atoms with van der Waals surface area (Å²) in [5.74, 6) is 0.276. The number of aryl methyl sites for hydroxylation is 1. The molecule has 1 fully saturated rings. The van der Waals surface area contributed by atoms with Crippen LogP contribution in [0.15, 0.2) is 6.07 Å². The van der Waals surface area contributed by atoms with Gasteiger partial charge in [0.15, 0.2) is 0 Å². The molecule has 1 aromatic heterocycles. The van der Waals surface area contributed by atoms with Crippen molar-refractivity contribution in [3.63, 3.8) is 0 Å². The molecule has 0 radical (unpaired) electrons. The molecule has 1 aliphatic rings. The number of rotatable bonds is 5. The fourth-order valence-corrected chi connectivity index (χ4v) is 2.82. The molecule has 0 unspecified atom stereocenters. The first kappa shape index (κ1) is 16.9. The molecule has 1 aliphatic carbocycles. The van der Waals surface area contributed by atoms with Crippen LogP contribution in [0.4, 0.5) is 10.6 Å². The first-order valence-corrected chi connectivity index (χ1v) is 7.52. The number of ether oxygens (including phenoxy) is 1. The number of nitrogens with zero attached hydrogens (tertiary/aromatic N) is 1. The smallest absolute Gasteiger partial charge is 0.404 e. The summed E-state index contributed by atoms with van der Waals surface area (Å²) in [4.78, 5) is 26.4. The van der Waals surface area contributed by atoms with E-state index < -0.39 is 12.0 Å². The molecule has 0 aromatic carbocycles. The predicted octanol–water partition coefficient (Wildman–Crippen LogP) is 1.49. The highest BCUT2D eigenvalue weighted by molar-refractivity contribution is 5.95. The number of nitrogens with two attached hydrogens (primary N) is 1. The largest absolute Gasteiger partial charge is 0.480 e. The Morgan fingerprint density at radius 1 is 1.30 bits per heavy atom. The molecule has 8 heteroatoms. The van der Waals surface area contributed by atoms with Crippen molar-refractivity contribution in [2.75, 3.05) is 12.4 Å². The van der Waals surface area contributed by atoms with Gasteiger partial charge >= 0.3 is 6.09 Å². The number of aromatic nitrogens is 1. The Balaban J connectivity index is 2.04. The summed E-state index contributed by atoms with van der Waals surface area (Å²) in [5, 5.41) is 14.6. The molecule has 1 saturated carbocycles. The van der Waals surface area contributed by atoms with Gasteiger partial charge in [0.2, 0.25) is 5.88 Å². The maximum absolute atomic E-state index is 11.4. The topological polar surface area (TPSA) is 127 Å². The van der Waals surface area contributed by atoms with Crippen molar-refractivity contribution >= 4 is 17.8 Å². The van der Waals surface area contributed by atoms with Crippen molar-refractivity contribution < 1.29 is 19.4 Å². The minimum Gasteiger partial charge on any atom is -0.480 e. The number of hydrogen-bond donors (Lipinski definition) is 4. The summed E-state index contributed by atoms with van der Waals surface area (Å²) in [7, 11) is 1.44. The number of methoxy groups -OCH3 is 1. The zero-order valence-electron chi connectivity index (χ0n) is 13.3. The van der Waals surface area contributed by atoms with Crippen LogP contribution in [0, 0.1) is 6.92 Å².